The summed E-state index contributed by atoms with van der Waals surface area (Å²) in [4.78, 5) is 14.9. The van der Waals surface area contributed by atoms with Crippen molar-refractivity contribution >= 4 is 33.4 Å². The molecule has 1 N–H and O–H groups in total. The number of hydrogen-bond acceptors (Lipinski definition) is 3. The van der Waals surface area contributed by atoms with Crippen LogP contribution in [0, 0.1) is 0 Å². The minimum absolute atomic E-state index is 0.971. The van der Waals surface area contributed by atoms with Crippen molar-refractivity contribution in [2.75, 3.05) is 11.4 Å². The molecule has 4 nitrogen and oxygen atoms in total. The highest BCUT2D eigenvalue weighted by molar-refractivity contribution is 6.08. The summed E-state index contributed by atoms with van der Waals surface area (Å²) in [6, 6.07) is 16.9. The van der Waals surface area contributed by atoms with Crippen LogP contribution in [0.2, 0.25) is 0 Å². The van der Waals surface area contributed by atoms with Crippen molar-refractivity contribution in [2.24, 2.45) is 0 Å². The Morgan fingerprint density at radius 2 is 1.83 bits per heavy atom. The average Bonchev–Trinajstić information content (AvgIpc) is 3.00. The Bertz CT molecular complexity index is 1020. The van der Waals surface area contributed by atoms with E-state index in [0.717, 1.165) is 47.1 Å². The van der Waals surface area contributed by atoms with Gasteiger partial charge in [-0.2, -0.15) is 0 Å². The van der Waals surface area contributed by atoms with Gasteiger partial charge in [-0.25, -0.2) is 9.97 Å². The van der Waals surface area contributed by atoms with Crippen LogP contribution >= 0.6 is 0 Å². The number of H-pyrrole nitrogens is 1. The lowest BCUT2D eigenvalue weighted by molar-refractivity contribution is 0.760. The van der Waals surface area contributed by atoms with Crippen molar-refractivity contribution in [3.8, 4) is 0 Å². The van der Waals surface area contributed by atoms with E-state index < -0.39 is 0 Å². The van der Waals surface area contributed by atoms with Gasteiger partial charge in [-0.1, -0.05) is 36.4 Å². The van der Waals surface area contributed by atoms with Gasteiger partial charge < -0.3 is 9.88 Å². The number of para-hydroxylation sites is 2. The monoisotopic (exact) mass is 300 g/mol. The molecular formula is C19H16N4. The van der Waals surface area contributed by atoms with Crippen LogP contribution in [0.3, 0.4) is 0 Å². The molecule has 2 aromatic carbocycles. The SMILES string of the molecule is c1ccc2c(c1)CCCN2c1ncnc2c1[nH]c1ccccc12. The number of nitrogens with one attached hydrogen (secondary N) is 1. The molecule has 4 aromatic rings. The van der Waals surface area contributed by atoms with Gasteiger partial charge in [0, 0.05) is 23.1 Å². The first-order valence-electron chi connectivity index (χ1n) is 7.99. The number of rotatable bonds is 1. The van der Waals surface area contributed by atoms with Crippen LogP contribution in [-0.2, 0) is 6.42 Å². The fourth-order valence-corrected chi connectivity index (χ4v) is 3.59. The molecule has 5 rings (SSSR count). The lowest BCUT2D eigenvalue weighted by Gasteiger charge is -2.30. The Morgan fingerprint density at radius 1 is 0.957 bits per heavy atom. The maximum absolute atomic E-state index is 4.61. The molecule has 0 aliphatic carbocycles. The third-order valence-corrected chi connectivity index (χ3v) is 4.64. The van der Waals surface area contributed by atoms with E-state index in [1.165, 1.54) is 11.3 Å². The molecule has 112 valence electrons. The van der Waals surface area contributed by atoms with E-state index in [2.05, 4.69) is 56.3 Å². The van der Waals surface area contributed by atoms with E-state index >= 15 is 0 Å². The van der Waals surface area contributed by atoms with Crippen LogP contribution < -0.4 is 4.90 Å². The van der Waals surface area contributed by atoms with E-state index in [1.807, 2.05) is 12.1 Å². The zero-order valence-corrected chi connectivity index (χ0v) is 12.7. The van der Waals surface area contributed by atoms with E-state index in [9.17, 15) is 0 Å². The van der Waals surface area contributed by atoms with Gasteiger partial charge in [0.25, 0.3) is 0 Å². The Hall–Kier alpha value is -2.88. The lowest BCUT2D eigenvalue weighted by atomic mass is 10.0. The second-order valence-electron chi connectivity index (χ2n) is 5.98. The standard InChI is InChI=1S/C19H16N4/c1-4-10-16-13(6-1)7-5-11-23(16)19-18-17(20-12-21-19)14-8-2-3-9-15(14)22-18/h1-4,6,8-10,12,22H,5,7,11H2. The smallest absolute Gasteiger partial charge is 0.160 e. The molecule has 0 bridgehead atoms. The van der Waals surface area contributed by atoms with Crippen LogP contribution in [0.1, 0.15) is 12.0 Å². The lowest BCUT2D eigenvalue weighted by Crippen LogP contribution is -2.25. The summed E-state index contributed by atoms with van der Waals surface area (Å²) in [7, 11) is 0. The molecule has 1 aliphatic rings. The number of hydrogen-bond donors (Lipinski definition) is 1. The number of aromatic amines is 1. The summed E-state index contributed by atoms with van der Waals surface area (Å²) in [5, 5.41) is 1.15. The topological polar surface area (TPSA) is 44.8 Å². The van der Waals surface area contributed by atoms with Gasteiger partial charge in [-0.15, -0.1) is 0 Å². The van der Waals surface area contributed by atoms with E-state index in [0.29, 0.717) is 0 Å². The van der Waals surface area contributed by atoms with Crippen molar-refractivity contribution in [3.63, 3.8) is 0 Å². The molecule has 3 heterocycles. The summed E-state index contributed by atoms with van der Waals surface area (Å²) in [6.07, 6.45) is 3.95. The largest absolute Gasteiger partial charge is 0.350 e. The Balaban J connectivity index is 1.78. The van der Waals surface area contributed by atoms with Crippen molar-refractivity contribution in [3.05, 3.63) is 60.4 Å². The van der Waals surface area contributed by atoms with Crippen LogP contribution in [0.25, 0.3) is 21.9 Å². The van der Waals surface area contributed by atoms with E-state index in [1.54, 1.807) is 6.33 Å². The van der Waals surface area contributed by atoms with E-state index in [-0.39, 0.29) is 0 Å². The Morgan fingerprint density at radius 3 is 2.83 bits per heavy atom. The van der Waals surface area contributed by atoms with Crippen molar-refractivity contribution in [2.45, 2.75) is 12.8 Å². The Labute approximate surface area is 133 Å². The third kappa shape index (κ3) is 1.84. The molecule has 1 aliphatic heterocycles. The maximum atomic E-state index is 4.61. The number of aromatic nitrogens is 3. The van der Waals surface area contributed by atoms with E-state index in [4.69, 9.17) is 0 Å². The van der Waals surface area contributed by atoms with Gasteiger partial charge in [0.2, 0.25) is 0 Å². The van der Waals surface area contributed by atoms with Crippen molar-refractivity contribution < 1.29 is 0 Å². The minimum atomic E-state index is 0.971. The third-order valence-electron chi connectivity index (χ3n) is 4.64. The Kier molecular flexibility index (Phi) is 2.65. The van der Waals surface area contributed by atoms with Gasteiger partial charge in [0.1, 0.15) is 17.4 Å². The summed E-state index contributed by atoms with van der Waals surface area (Å²) in [6.45, 7) is 0.985. The number of nitrogens with zero attached hydrogens (tertiary/aromatic N) is 3. The molecule has 0 atom stereocenters. The minimum Gasteiger partial charge on any atom is -0.350 e. The fourth-order valence-electron chi connectivity index (χ4n) is 3.59. The van der Waals surface area contributed by atoms with Gasteiger partial charge in [0.05, 0.1) is 0 Å². The second-order valence-corrected chi connectivity index (χ2v) is 5.98. The zero-order chi connectivity index (χ0) is 15.2. The molecule has 0 saturated heterocycles. The fraction of sp³-hybridized carbons (Fsp3) is 0.158. The molecular weight excluding hydrogens is 284 g/mol. The predicted octanol–water partition coefficient (Wildman–Crippen LogP) is 4.20. The number of fused-ring (bicyclic) bond motifs is 4. The second kappa shape index (κ2) is 4.81. The van der Waals surface area contributed by atoms with Gasteiger partial charge in [-0.3, -0.25) is 0 Å². The number of anilines is 2. The quantitative estimate of drug-likeness (QED) is 0.573. The number of benzene rings is 2. The molecule has 0 spiro atoms. The first kappa shape index (κ1) is 12.6. The highest BCUT2D eigenvalue weighted by Gasteiger charge is 2.22. The molecule has 23 heavy (non-hydrogen) atoms. The van der Waals surface area contributed by atoms with Crippen molar-refractivity contribution in [1.29, 1.82) is 0 Å². The van der Waals surface area contributed by atoms with Crippen molar-refractivity contribution in [1.82, 2.24) is 15.0 Å². The maximum Gasteiger partial charge on any atom is 0.160 e. The molecule has 0 fully saturated rings. The van der Waals surface area contributed by atoms with Crippen LogP contribution in [0.5, 0.6) is 0 Å². The summed E-state index contributed by atoms with van der Waals surface area (Å²) < 4.78 is 0. The van der Waals surface area contributed by atoms with Crippen LogP contribution in [-0.4, -0.2) is 21.5 Å². The van der Waals surface area contributed by atoms with Gasteiger partial charge in [-0.05, 0) is 30.5 Å². The zero-order valence-electron chi connectivity index (χ0n) is 12.7. The summed E-state index contributed by atoms with van der Waals surface area (Å²) in [5.74, 6) is 0.971. The van der Waals surface area contributed by atoms with Gasteiger partial charge >= 0.3 is 0 Å². The number of aryl methyl sites for hydroxylation is 1. The molecule has 0 saturated carbocycles. The molecule has 2 aromatic heterocycles. The predicted molar refractivity (Wildman–Crippen MR) is 93.2 cm³/mol. The van der Waals surface area contributed by atoms with Gasteiger partial charge in [0.15, 0.2) is 5.82 Å². The summed E-state index contributed by atoms with van der Waals surface area (Å²) in [5.41, 5.74) is 5.77. The highest BCUT2D eigenvalue weighted by atomic mass is 15.2. The molecule has 0 radical (unpaired) electrons. The first-order valence-corrected chi connectivity index (χ1v) is 7.99. The van der Waals surface area contributed by atoms with Crippen LogP contribution in [0.15, 0.2) is 54.9 Å². The molecule has 4 heteroatoms. The first-order chi connectivity index (χ1) is 11.4. The normalized spacial score (nSPS) is 14.3. The summed E-state index contributed by atoms with van der Waals surface area (Å²) >= 11 is 0. The molecule has 0 amide bonds. The highest BCUT2D eigenvalue weighted by Crippen LogP contribution is 2.36. The van der Waals surface area contributed by atoms with Crippen LogP contribution in [0.4, 0.5) is 11.5 Å². The average molecular weight is 300 g/mol. The molecule has 0 unspecified atom stereocenters.